The topological polar surface area (TPSA) is 99.0 Å². The van der Waals surface area contributed by atoms with E-state index in [4.69, 9.17) is 42.3 Å². The molecule has 0 aromatic heterocycles. The van der Waals surface area contributed by atoms with Gasteiger partial charge in [0.25, 0.3) is 5.91 Å². The zero-order valence-electron chi connectivity index (χ0n) is 18.9. The van der Waals surface area contributed by atoms with Crippen LogP contribution in [0.2, 0.25) is 5.02 Å². The van der Waals surface area contributed by atoms with Crippen molar-refractivity contribution < 1.29 is 28.5 Å². The smallest absolute Gasteiger partial charge is 0.276 e. The van der Waals surface area contributed by atoms with Crippen molar-refractivity contribution in [3.63, 3.8) is 0 Å². The molecule has 1 atom stereocenters. The van der Waals surface area contributed by atoms with Crippen LogP contribution in [0.1, 0.15) is 20.8 Å². The van der Waals surface area contributed by atoms with Gasteiger partial charge in [0.1, 0.15) is 22.9 Å². The lowest BCUT2D eigenvalue weighted by Gasteiger charge is -2.19. The summed E-state index contributed by atoms with van der Waals surface area (Å²) in [6, 6.07) is 6.28. The highest BCUT2D eigenvalue weighted by atomic mass is 35.5. The summed E-state index contributed by atoms with van der Waals surface area (Å²) in [5.41, 5.74) is 0.457. The quantitative estimate of drug-likeness (QED) is 0.234. The lowest BCUT2D eigenvalue weighted by Crippen LogP contribution is -2.36. The number of hydrogen-bond donors (Lipinski definition) is 0. The van der Waals surface area contributed by atoms with Crippen molar-refractivity contribution in [2.24, 2.45) is 10.2 Å². The maximum atomic E-state index is 13.0. The minimum absolute atomic E-state index is 0.214. The number of anilines is 1. The van der Waals surface area contributed by atoms with E-state index in [0.717, 1.165) is 4.42 Å². The number of methoxy groups -OCH3 is 2. The molecule has 0 fully saturated rings. The van der Waals surface area contributed by atoms with Crippen molar-refractivity contribution in [2.75, 3.05) is 31.9 Å². The Morgan fingerprint density at radius 1 is 1.03 bits per heavy atom. The number of Topliss-reactive ketones (excluding diaryl/α,β-unsaturated/α-hetero) is 1. The molecule has 0 bridgehead atoms. The third-order valence-corrected chi connectivity index (χ3v) is 4.96. The maximum Gasteiger partial charge on any atom is 0.276 e. The summed E-state index contributed by atoms with van der Waals surface area (Å²) < 4.78 is 22.4. The second-order valence-corrected chi connectivity index (χ2v) is 7.22. The van der Waals surface area contributed by atoms with Gasteiger partial charge in [-0.25, -0.2) is 4.42 Å². The van der Waals surface area contributed by atoms with Gasteiger partial charge in [0.15, 0.2) is 17.3 Å². The van der Waals surface area contributed by atoms with Crippen molar-refractivity contribution >= 4 is 46.4 Å². The zero-order valence-corrected chi connectivity index (χ0v) is 20.4. The molecule has 2 rings (SSSR count). The normalized spacial score (nSPS) is 11.7. The summed E-state index contributed by atoms with van der Waals surface area (Å²) in [6.45, 7) is 5.46. The predicted octanol–water partition coefficient (Wildman–Crippen LogP) is 5.38. The Morgan fingerprint density at radius 3 is 2.27 bits per heavy atom. The van der Waals surface area contributed by atoms with Gasteiger partial charge in [-0.05, 0) is 45.0 Å². The maximum absolute atomic E-state index is 13.0. The monoisotopic (exact) mass is 497 g/mol. The van der Waals surface area contributed by atoms with E-state index in [2.05, 4.69) is 10.2 Å². The fraction of sp³-hybridized carbons (Fsp3) is 0.364. The highest BCUT2D eigenvalue weighted by molar-refractivity contribution is 6.39. The Kier molecular flexibility index (Phi) is 9.74. The molecule has 1 unspecified atom stereocenters. The first kappa shape index (κ1) is 26.2. The van der Waals surface area contributed by atoms with Gasteiger partial charge < -0.3 is 18.9 Å². The van der Waals surface area contributed by atoms with Gasteiger partial charge in [-0.2, -0.15) is 10.2 Å². The molecule has 178 valence electrons. The van der Waals surface area contributed by atoms with E-state index >= 15 is 0 Å². The molecule has 0 spiro atoms. The Labute approximate surface area is 202 Å². The van der Waals surface area contributed by atoms with Crippen LogP contribution in [0.3, 0.4) is 0 Å². The van der Waals surface area contributed by atoms with E-state index in [1.54, 1.807) is 38.1 Å². The molecule has 0 saturated heterocycles. The standard InChI is InChI=1S/C22H25Cl2N3O6/c1-6-32-20-15(23)9-10-16(21(20)33-7-2)25-26-19(13(3)28)22(29)27(24)17-11-8-14(30-4)12-18(17)31-5/h8-12,19H,6-7H2,1-5H3. The van der Waals surface area contributed by atoms with Crippen molar-refractivity contribution in [1.82, 2.24) is 0 Å². The number of carbonyl (C=O) groups excluding carboxylic acids is 2. The summed E-state index contributed by atoms with van der Waals surface area (Å²) in [4.78, 5) is 25.3. The van der Waals surface area contributed by atoms with Crippen molar-refractivity contribution in [3.8, 4) is 23.0 Å². The number of halogens is 2. The van der Waals surface area contributed by atoms with Crippen LogP contribution < -0.4 is 23.4 Å². The van der Waals surface area contributed by atoms with Crippen LogP contribution in [-0.2, 0) is 9.59 Å². The highest BCUT2D eigenvalue weighted by Gasteiger charge is 2.30. The van der Waals surface area contributed by atoms with E-state index in [1.807, 2.05) is 0 Å². The second-order valence-electron chi connectivity index (χ2n) is 6.48. The first-order valence-corrected chi connectivity index (χ1v) is 10.7. The minimum atomic E-state index is -1.50. The van der Waals surface area contributed by atoms with Crippen LogP contribution in [0.25, 0.3) is 0 Å². The largest absolute Gasteiger partial charge is 0.497 e. The van der Waals surface area contributed by atoms with Crippen molar-refractivity contribution in [1.29, 1.82) is 0 Å². The molecule has 1 amide bonds. The van der Waals surface area contributed by atoms with Gasteiger partial charge in [0, 0.05) is 17.8 Å². The first-order chi connectivity index (χ1) is 15.8. The van der Waals surface area contributed by atoms with E-state index < -0.39 is 17.7 Å². The lowest BCUT2D eigenvalue weighted by atomic mass is 10.2. The molecule has 2 aromatic carbocycles. The molecule has 33 heavy (non-hydrogen) atoms. The van der Waals surface area contributed by atoms with E-state index in [0.29, 0.717) is 29.7 Å². The van der Waals surface area contributed by atoms with E-state index in [-0.39, 0.29) is 22.9 Å². The number of amides is 1. The molecule has 0 aliphatic heterocycles. The Bertz CT molecular complexity index is 1030. The SMILES string of the molecule is CCOc1c(Cl)ccc(N=NC(C(C)=O)C(=O)N(Cl)c2ccc(OC)cc2OC)c1OCC. The highest BCUT2D eigenvalue weighted by Crippen LogP contribution is 2.43. The Morgan fingerprint density at radius 2 is 1.70 bits per heavy atom. The molecule has 0 N–H and O–H groups in total. The zero-order chi connectivity index (χ0) is 24.5. The van der Waals surface area contributed by atoms with Gasteiger partial charge in [-0.1, -0.05) is 11.6 Å². The number of rotatable bonds is 11. The molecule has 0 aliphatic carbocycles. The molecular weight excluding hydrogens is 473 g/mol. The molecule has 0 saturated carbocycles. The van der Waals surface area contributed by atoms with Gasteiger partial charge in [0.2, 0.25) is 6.04 Å². The molecule has 9 nitrogen and oxygen atoms in total. The summed E-state index contributed by atoms with van der Waals surface area (Å²) in [5.74, 6) is -0.0379. The molecule has 2 aromatic rings. The van der Waals surface area contributed by atoms with Crippen LogP contribution in [0, 0.1) is 0 Å². The summed E-state index contributed by atoms with van der Waals surface area (Å²) in [6.07, 6.45) is 0. The number of hydrogen-bond acceptors (Lipinski definition) is 8. The Balaban J connectivity index is 2.41. The fourth-order valence-electron chi connectivity index (χ4n) is 2.77. The molecular formula is C22H25Cl2N3O6. The third-order valence-electron chi connectivity index (χ3n) is 4.31. The molecule has 0 heterocycles. The Hall–Kier alpha value is -3.04. The minimum Gasteiger partial charge on any atom is -0.497 e. The number of ether oxygens (including phenoxy) is 4. The summed E-state index contributed by atoms with van der Waals surface area (Å²) in [5, 5.41) is 8.37. The van der Waals surface area contributed by atoms with Gasteiger partial charge in [-0.3, -0.25) is 9.59 Å². The van der Waals surface area contributed by atoms with Crippen LogP contribution >= 0.6 is 23.4 Å². The molecule has 0 aliphatic rings. The van der Waals surface area contributed by atoms with E-state index in [1.165, 1.54) is 27.2 Å². The second kappa shape index (κ2) is 12.3. The number of benzene rings is 2. The van der Waals surface area contributed by atoms with Crippen molar-refractivity contribution in [2.45, 2.75) is 26.8 Å². The van der Waals surface area contributed by atoms with Gasteiger partial charge >= 0.3 is 0 Å². The molecule has 11 heteroatoms. The summed E-state index contributed by atoms with van der Waals surface area (Å²) in [7, 11) is 2.91. The number of ketones is 1. The third kappa shape index (κ3) is 6.27. The van der Waals surface area contributed by atoms with Gasteiger partial charge in [0.05, 0.1) is 32.5 Å². The van der Waals surface area contributed by atoms with Crippen LogP contribution in [0.15, 0.2) is 40.6 Å². The fourth-order valence-corrected chi connectivity index (χ4v) is 3.20. The average Bonchev–Trinajstić information content (AvgIpc) is 2.81. The predicted molar refractivity (Wildman–Crippen MR) is 126 cm³/mol. The average molecular weight is 498 g/mol. The lowest BCUT2D eigenvalue weighted by molar-refractivity contribution is -0.126. The first-order valence-electron chi connectivity index (χ1n) is 10.00. The number of azo groups is 1. The van der Waals surface area contributed by atoms with Crippen LogP contribution in [0.5, 0.6) is 23.0 Å². The van der Waals surface area contributed by atoms with Crippen LogP contribution in [0.4, 0.5) is 11.4 Å². The summed E-state index contributed by atoms with van der Waals surface area (Å²) >= 11 is 12.5. The molecule has 0 radical (unpaired) electrons. The number of carbonyl (C=O) groups is 2. The van der Waals surface area contributed by atoms with Crippen LogP contribution in [-0.4, -0.2) is 45.2 Å². The number of nitrogens with zero attached hydrogens (tertiary/aromatic N) is 3. The van der Waals surface area contributed by atoms with Gasteiger partial charge in [-0.15, -0.1) is 0 Å². The van der Waals surface area contributed by atoms with E-state index in [9.17, 15) is 9.59 Å². The van der Waals surface area contributed by atoms with Crippen molar-refractivity contribution in [3.05, 3.63) is 35.4 Å².